The maximum atomic E-state index is 13.9. The third kappa shape index (κ3) is 2.49. The topological polar surface area (TPSA) is 66.8 Å². The van der Waals surface area contributed by atoms with Gasteiger partial charge in [-0.1, -0.05) is 48.5 Å². The summed E-state index contributed by atoms with van der Waals surface area (Å²) in [6.45, 7) is -0.0116. The fourth-order valence-electron chi connectivity index (χ4n) is 5.05. The van der Waals surface area contributed by atoms with Crippen LogP contribution in [0.1, 0.15) is 29.9 Å². The normalized spacial score (nSPS) is 26.3. The van der Waals surface area contributed by atoms with Gasteiger partial charge in [0, 0.05) is 18.9 Å². The number of halogens is 2. The number of rotatable bonds is 3. The number of aliphatic carboxylic acids is 1. The first-order chi connectivity index (χ1) is 13.9. The maximum Gasteiger partial charge on any atom is 0.410 e. The Morgan fingerprint density at radius 1 is 1.07 bits per heavy atom. The van der Waals surface area contributed by atoms with Crippen LogP contribution in [-0.2, 0) is 9.53 Å². The molecule has 2 atom stereocenters. The van der Waals surface area contributed by atoms with Crippen LogP contribution in [0, 0.1) is 5.41 Å². The molecule has 5 rings (SSSR count). The molecular weight excluding hydrogens is 380 g/mol. The van der Waals surface area contributed by atoms with E-state index < -0.39 is 35.9 Å². The summed E-state index contributed by atoms with van der Waals surface area (Å²) in [6, 6.07) is 14.1. The van der Waals surface area contributed by atoms with Gasteiger partial charge in [0.15, 0.2) is 0 Å². The maximum absolute atomic E-state index is 13.9. The number of carbonyl (C=O) groups excluding carboxylic acids is 1. The number of ether oxygens (including phenoxy) is 1. The van der Waals surface area contributed by atoms with E-state index in [0.717, 1.165) is 27.2 Å². The van der Waals surface area contributed by atoms with Crippen molar-refractivity contribution < 1.29 is 28.2 Å². The van der Waals surface area contributed by atoms with E-state index in [1.54, 1.807) is 0 Å². The van der Waals surface area contributed by atoms with E-state index in [1.165, 1.54) is 0 Å². The predicted octanol–water partition coefficient (Wildman–Crippen LogP) is 4.12. The summed E-state index contributed by atoms with van der Waals surface area (Å²) in [5, 5.41) is 9.50. The lowest BCUT2D eigenvalue weighted by Crippen LogP contribution is -2.45. The van der Waals surface area contributed by atoms with Crippen LogP contribution in [0.3, 0.4) is 0 Å². The van der Waals surface area contributed by atoms with Crippen LogP contribution in [0.5, 0.6) is 0 Å². The molecule has 1 saturated carbocycles. The van der Waals surface area contributed by atoms with Gasteiger partial charge in [-0.15, -0.1) is 0 Å². The number of amides is 1. The summed E-state index contributed by atoms with van der Waals surface area (Å²) >= 11 is 0. The van der Waals surface area contributed by atoms with Crippen molar-refractivity contribution >= 4 is 12.1 Å². The number of carboxylic acid groups (broad SMARTS) is 1. The summed E-state index contributed by atoms with van der Waals surface area (Å²) in [6.07, 6.45) is -1.37. The Bertz CT molecular complexity index is 978. The molecule has 0 radical (unpaired) electrons. The molecule has 2 aromatic carbocycles. The van der Waals surface area contributed by atoms with Crippen LogP contribution < -0.4 is 0 Å². The van der Waals surface area contributed by atoms with Crippen LogP contribution in [0.2, 0.25) is 0 Å². The molecule has 1 heterocycles. The van der Waals surface area contributed by atoms with Crippen LogP contribution in [-0.4, -0.2) is 47.2 Å². The number of carbonyl (C=O) groups is 2. The molecule has 0 bridgehead atoms. The van der Waals surface area contributed by atoms with Gasteiger partial charge in [-0.05, 0) is 28.7 Å². The quantitative estimate of drug-likeness (QED) is 0.843. The fourth-order valence-corrected chi connectivity index (χ4v) is 5.05. The van der Waals surface area contributed by atoms with Gasteiger partial charge < -0.3 is 9.84 Å². The third-order valence-corrected chi connectivity index (χ3v) is 6.58. The van der Waals surface area contributed by atoms with E-state index in [0.29, 0.717) is 0 Å². The summed E-state index contributed by atoms with van der Waals surface area (Å²) in [4.78, 5) is 25.3. The first kappa shape index (κ1) is 18.1. The Morgan fingerprint density at radius 3 is 2.14 bits per heavy atom. The molecule has 29 heavy (non-hydrogen) atoms. The van der Waals surface area contributed by atoms with E-state index in [-0.39, 0.29) is 25.5 Å². The average molecular weight is 399 g/mol. The molecule has 5 nitrogen and oxygen atoms in total. The molecule has 1 amide bonds. The first-order valence-corrected chi connectivity index (χ1v) is 9.58. The second-order valence-corrected chi connectivity index (χ2v) is 8.03. The van der Waals surface area contributed by atoms with Crippen molar-refractivity contribution in [3.8, 4) is 11.1 Å². The lowest BCUT2D eigenvalue weighted by molar-refractivity contribution is -0.145. The van der Waals surface area contributed by atoms with Gasteiger partial charge in [0.1, 0.15) is 12.6 Å². The molecular formula is C22H19F2NO4. The van der Waals surface area contributed by atoms with Gasteiger partial charge in [0.05, 0.1) is 5.41 Å². The summed E-state index contributed by atoms with van der Waals surface area (Å²) in [5.41, 5.74) is 2.56. The zero-order valence-corrected chi connectivity index (χ0v) is 15.5. The van der Waals surface area contributed by atoms with Crippen molar-refractivity contribution in [2.75, 3.05) is 13.2 Å². The molecule has 1 spiro atoms. The Balaban J connectivity index is 1.36. The molecule has 2 aromatic rings. The average Bonchev–Trinajstić information content (AvgIpc) is 3.00. The molecule has 3 aliphatic rings. The zero-order valence-electron chi connectivity index (χ0n) is 15.5. The Kier molecular flexibility index (Phi) is 3.75. The molecule has 1 N–H and O–H groups in total. The molecule has 2 fully saturated rings. The highest BCUT2D eigenvalue weighted by molar-refractivity contribution is 5.83. The first-order valence-electron chi connectivity index (χ1n) is 9.58. The smallest absolute Gasteiger partial charge is 0.410 e. The third-order valence-electron chi connectivity index (χ3n) is 6.58. The monoisotopic (exact) mass is 399 g/mol. The minimum absolute atomic E-state index is 0.0266. The van der Waals surface area contributed by atoms with Gasteiger partial charge in [0.2, 0.25) is 0 Å². The Hall–Kier alpha value is -2.96. The minimum Gasteiger partial charge on any atom is -0.480 e. The number of likely N-dealkylation sites (tertiary alicyclic amines) is 1. The number of nitrogens with zero attached hydrogens (tertiary/aromatic N) is 1. The standard InChI is InChI=1S/C22H19F2NO4/c23-22(24)12-21(22)9-10-25(18(21)19(26)27)20(28)29-11-17-15-7-3-1-5-13(15)14-6-2-4-8-16(14)17/h1-8,17-18H,9-12H2,(H,26,27). The summed E-state index contributed by atoms with van der Waals surface area (Å²) in [7, 11) is 0. The number of hydrogen-bond donors (Lipinski definition) is 1. The van der Waals surface area contributed by atoms with Crippen LogP contribution >= 0.6 is 0 Å². The highest BCUT2D eigenvalue weighted by Gasteiger charge is 2.79. The van der Waals surface area contributed by atoms with Crippen molar-refractivity contribution in [3.05, 3.63) is 59.7 Å². The highest BCUT2D eigenvalue weighted by Crippen LogP contribution is 2.68. The lowest BCUT2D eigenvalue weighted by Gasteiger charge is -2.25. The molecule has 150 valence electrons. The van der Waals surface area contributed by atoms with E-state index in [1.807, 2.05) is 48.5 Å². The van der Waals surface area contributed by atoms with Crippen molar-refractivity contribution in [2.45, 2.75) is 30.7 Å². The van der Waals surface area contributed by atoms with Crippen molar-refractivity contribution in [2.24, 2.45) is 5.41 Å². The number of hydrogen-bond acceptors (Lipinski definition) is 3. The van der Waals surface area contributed by atoms with Crippen LogP contribution in [0.25, 0.3) is 11.1 Å². The largest absolute Gasteiger partial charge is 0.480 e. The van der Waals surface area contributed by atoms with E-state index in [4.69, 9.17) is 4.74 Å². The molecule has 2 aliphatic carbocycles. The van der Waals surface area contributed by atoms with E-state index in [9.17, 15) is 23.5 Å². The molecule has 7 heteroatoms. The Morgan fingerprint density at radius 2 is 1.62 bits per heavy atom. The second-order valence-electron chi connectivity index (χ2n) is 8.03. The van der Waals surface area contributed by atoms with Crippen molar-refractivity contribution in [1.29, 1.82) is 0 Å². The number of alkyl halides is 2. The van der Waals surface area contributed by atoms with E-state index >= 15 is 0 Å². The molecule has 2 unspecified atom stereocenters. The zero-order chi connectivity index (χ0) is 20.4. The predicted molar refractivity (Wildman–Crippen MR) is 99.8 cm³/mol. The summed E-state index contributed by atoms with van der Waals surface area (Å²) < 4.78 is 33.2. The Labute approximate surface area is 165 Å². The van der Waals surface area contributed by atoms with Crippen molar-refractivity contribution in [3.63, 3.8) is 0 Å². The van der Waals surface area contributed by atoms with Crippen molar-refractivity contribution in [1.82, 2.24) is 4.90 Å². The lowest BCUT2D eigenvalue weighted by atomic mass is 9.96. The number of fused-ring (bicyclic) bond motifs is 3. The minimum atomic E-state index is -3.05. The molecule has 1 aliphatic heterocycles. The summed E-state index contributed by atoms with van der Waals surface area (Å²) in [5.74, 6) is -4.63. The SMILES string of the molecule is O=C(O)C1N(C(=O)OCC2c3ccccc3-c3ccccc32)CCC12CC2(F)F. The van der Waals surface area contributed by atoms with Gasteiger partial charge in [-0.25, -0.2) is 18.4 Å². The second kappa shape index (κ2) is 6.02. The highest BCUT2D eigenvalue weighted by atomic mass is 19.3. The number of carboxylic acids is 1. The van der Waals surface area contributed by atoms with Gasteiger partial charge >= 0.3 is 12.1 Å². The van der Waals surface area contributed by atoms with Gasteiger partial charge in [-0.2, -0.15) is 0 Å². The van der Waals surface area contributed by atoms with Gasteiger partial charge in [-0.3, -0.25) is 4.90 Å². The fraction of sp³-hybridized carbons (Fsp3) is 0.364. The molecule has 0 aromatic heterocycles. The van der Waals surface area contributed by atoms with E-state index in [2.05, 4.69) is 0 Å². The molecule has 1 saturated heterocycles. The van der Waals surface area contributed by atoms with Crippen LogP contribution in [0.15, 0.2) is 48.5 Å². The van der Waals surface area contributed by atoms with Crippen LogP contribution in [0.4, 0.5) is 13.6 Å². The number of benzene rings is 2. The van der Waals surface area contributed by atoms with Gasteiger partial charge in [0.25, 0.3) is 5.92 Å².